The molecule has 1 aromatic heterocycles. The van der Waals surface area contributed by atoms with Crippen molar-refractivity contribution in [3.63, 3.8) is 0 Å². The van der Waals surface area contributed by atoms with Crippen molar-refractivity contribution in [1.29, 1.82) is 0 Å². The number of nitrogens with one attached hydrogen (secondary N) is 2. The minimum Gasteiger partial charge on any atom is -0.383 e. The molecule has 17 heavy (non-hydrogen) atoms. The number of nitrogens with two attached hydrogens (primary N) is 1. The monoisotopic (exact) mass is 236 g/mol. The molecular formula is C11H16N4O2. The zero-order chi connectivity index (χ0) is 13.0. The van der Waals surface area contributed by atoms with Crippen LogP contribution in [0.25, 0.3) is 0 Å². The summed E-state index contributed by atoms with van der Waals surface area (Å²) in [6, 6.07) is -0.342. The molecule has 0 radical (unpaired) electrons. The molecular weight excluding hydrogens is 220 g/mol. The highest BCUT2D eigenvalue weighted by Crippen LogP contribution is 2.11. The molecule has 6 heteroatoms. The Hall–Kier alpha value is -2.16. The lowest BCUT2D eigenvalue weighted by Gasteiger charge is -2.14. The van der Waals surface area contributed by atoms with Gasteiger partial charge in [-0.2, -0.15) is 0 Å². The molecule has 1 unspecified atom stereocenters. The van der Waals surface area contributed by atoms with Crippen molar-refractivity contribution < 1.29 is 0 Å². The smallest absolute Gasteiger partial charge is 0.330 e. The van der Waals surface area contributed by atoms with Gasteiger partial charge in [-0.1, -0.05) is 12.8 Å². The molecule has 92 valence electrons. The molecule has 0 bridgehead atoms. The third-order valence-electron chi connectivity index (χ3n) is 2.30. The Balaban J connectivity index is 3.31. The minimum absolute atomic E-state index is 0.114. The fraction of sp³-hybridized carbons (Fsp3) is 0.455. The molecule has 0 spiro atoms. The van der Waals surface area contributed by atoms with Gasteiger partial charge in [0.1, 0.15) is 11.5 Å². The van der Waals surface area contributed by atoms with Crippen LogP contribution < -0.4 is 22.3 Å². The van der Waals surface area contributed by atoms with Gasteiger partial charge in [0, 0.05) is 6.54 Å². The summed E-state index contributed by atoms with van der Waals surface area (Å²) in [5.41, 5.74) is 4.87. The van der Waals surface area contributed by atoms with E-state index in [-0.39, 0.29) is 17.5 Å². The predicted octanol–water partition coefficient (Wildman–Crippen LogP) is -0.0376. The second-order valence-corrected chi connectivity index (χ2v) is 3.70. The Morgan fingerprint density at radius 1 is 1.59 bits per heavy atom. The number of rotatable bonds is 4. The first kappa shape index (κ1) is 12.9. The van der Waals surface area contributed by atoms with Crippen molar-refractivity contribution in [3.8, 4) is 12.3 Å². The molecule has 1 heterocycles. The van der Waals surface area contributed by atoms with Gasteiger partial charge in [-0.15, -0.1) is 6.42 Å². The largest absolute Gasteiger partial charge is 0.383 e. The molecule has 0 aliphatic heterocycles. The van der Waals surface area contributed by atoms with Crippen LogP contribution in [-0.4, -0.2) is 15.6 Å². The number of anilines is 2. The van der Waals surface area contributed by atoms with Crippen molar-refractivity contribution >= 4 is 11.5 Å². The average molecular weight is 236 g/mol. The van der Waals surface area contributed by atoms with Crippen molar-refractivity contribution in [3.05, 3.63) is 20.8 Å². The number of terminal acetylenes is 1. The molecule has 0 aliphatic rings. The molecule has 0 saturated heterocycles. The molecule has 1 atom stereocenters. The van der Waals surface area contributed by atoms with Gasteiger partial charge in [0.15, 0.2) is 0 Å². The Kier molecular flexibility index (Phi) is 3.99. The Bertz CT molecular complexity index is 550. The van der Waals surface area contributed by atoms with E-state index in [1.165, 1.54) is 4.57 Å². The first-order valence-electron chi connectivity index (χ1n) is 5.36. The summed E-state index contributed by atoms with van der Waals surface area (Å²) >= 11 is 0. The third kappa shape index (κ3) is 2.69. The number of nitrogen functional groups attached to an aromatic ring is 1. The molecule has 0 aliphatic carbocycles. The van der Waals surface area contributed by atoms with Gasteiger partial charge in [-0.05, 0) is 13.3 Å². The normalized spacial score (nSPS) is 11.8. The Labute approximate surface area is 98.8 Å². The van der Waals surface area contributed by atoms with Crippen LogP contribution in [0.3, 0.4) is 0 Å². The van der Waals surface area contributed by atoms with E-state index >= 15 is 0 Å². The molecule has 0 aromatic carbocycles. The number of H-pyrrole nitrogens is 1. The zero-order valence-electron chi connectivity index (χ0n) is 9.91. The van der Waals surface area contributed by atoms with Crippen LogP contribution in [-0.2, 0) is 6.54 Å². The quantitative estimate of drug-likeness (QED) is 0.640. The maximum Gasteiger partial charge on any atom is 0.330 e. The average Bonchev–Trinajstić information content (AvgIpc) is 2.29. The molecule has 0 fully saturated rings. The highest BCUT2D eigenvalue weighted by atomic mass is 16.2. The van der Waals surface area contributed by atoms with Gasteiger partial charge < -0.3 is 11.1 Å². The molecule has 0 saturated carbocycles. The van der Waals surface area contributed by atoms with Crippen LogP contribution in [0.15, 0.2) is 9.59 Å². The third-order valence-corrected chi connectivity index (χ3v) is 2.30. The number of nitrogens with zero attached hydrogens (tertiary/aromatic N) is 1. The number of hydrogen-bond acceptors (Lipinski definition) is 4. The number of aromatic amines is 1. The van der Waals surface area contributed by atoms with Crippen LogP contribution >= 0.6 is 0 Å². The summed E-state index contributed by atoms with van der Waals surface area (Å²) < 4.78 is 1.31. The van der Waals surface area contributed by atoms with Gasteiger partial charge in [0.2, 0.25) is 0 Å². The summed E-state index contributed by atoms with van der Waals surface area (Å²) in [7, 11) is 0. The fourth-order valence-electron chi connectivity index (χ4n) is 1.43. The van der Waals surface area contributed by atoms with Gasteiger partial charge in [-0.25, -0.2) is 4.79 Å². The topological polar surface area (TPSA) is 92.9 Å². The Morgan fingerprint density at radius 2 is 2.24 bits per heavy atom. The maximum absolute atomic E-state index is 11.6. The lowest BCUT2D eigenvalue weighted by atomic mass is 10.3. The van der Waals surface area contributed by atoms with E-state index in [0.29, 0.717) is 6.54 Å². The lowest BCUT2D eigenvalue weighted by molar-refractivity contribution is 0.642. The van der Waals surface area contributed by atoms with Crippen molar-refractivity contribution in [2.24, 2.45) is 0 Å². The van der Waals surface area contributed by atoms with E-state index in [1.807, 2.05) is 6.92 Å². The summed E-state index contributed by atoms with van der Waals surface area (Å²) in [6.07, 6.45) is 5.95. The SMILES string of the molecule is C#CC(C)Nc1c(N)n(CCC)c(=O)[nH]c1=O. The van der Waals surface area contributed by atoms with E-state index < -0.39 is 11.2 Å². The molecule has 1 aromatic rings. The van der Waals surface area contributed by atoms with E-state index in [9.17, 15) is 9.59 Å². The number of hydrogen-bond donors (Lipinski definition) is 3. The lowest BCUT2D eigenvalue weighted by Crippen LogP contribution is -2.35. The van der Waals surface area contributed by atoms with Crippen LogP contribution in [0.1, 0.15) is 20.3 Å². The van der Waals surface area contributed by atoms with Crippen LogP contribution in [0, 0.1) is 12.3 Å². The highest BCUT2D eigenvalue weighted by molar-refractivity contribution is 5.61. The van der Waals surface area contributed by atoms with Crippen molar-refractivity contribution in [2.75, 3.05) is 11.1 Å². The van der Waals surface area contributed by atoms with Crippen LogP contribution in [0.4, 0.5) is 11.5 Å². The second kappa shape index (κ2) is 5.25. The van der Waals surface area contributed by atoms with Gasteiger partial charge in [0.25, 0.3) is 5.56 Å². The van der Waals surface area contributed by atoms with Crippen molar-refractivity contribution in [2.45, 2.75) is 32.9 Å². The van der Waals surface area contributed by atoms with Crippen LogP contribution in [0.5, 0.6) is 0 Å². The summed E-state index contributed by atoms with van der Waals surface area (Å²) in [5, 5.41) is 2.79. The van der Waals surface area contributed by atoms with Gasteiger partial charge in [0.05, 0.1) is 6.04 Å². The highest BCUT2D eigenvalue weighted by Gasteiger charge is 2.12. The predicted molar refractivity (Wildman–Crippen MR) is 67.9 cm³/mol. The molecule has 0 amide bonds. The standard InChI is InChI=1S/C11H16N4O2/c1-4-6-15-9(12)8(13-7(3)5-2)10(16)14-11(15)17/h2,7,13H,4,6,12H2,1,3H3,(H,14,16,17). The molecule has 4 N–H and O–H groups in total. The van der Waals surface area contributed by atoms with Crippen molar-refractivity contribution in [1.82, 2.24) is 9.55 Å². The summed E-state index contributed by atoms with van der Waals surface area (Å²) in [5.74, 6) is 2.54. The molecule has 1 rings (SSSR count). The molecule has 6 nitrogen and oxygen atoms in total. The second-order valence-electron chi connectivity index (χ2n) is 3.70. The minimum atomic E-state index is -0.554. The summed E-state index contributed by atoms with van der Waals surface area (Å²) in [6.45, 7) is 4.07. The van der Waals surface area contributed by atoms with E-state index in [4.69, 9.17) is 12.2 Å². The van der Waals surface area contributed by atoms with Gasteiger partial charge in [-0.3, -0.25) is 14.3 Å². The van der Waals surface area contributed by atoms with E-state index in [0.717, 1.165) is 6.42 Å². The van der Waals surface area contributed by atoms with Crippen LogP contribution in [0.2, 0.25) is 0 Å². The maximum atomic E-state index is 11.6. The number of aromatic nitrogens is 2. The van der Waals surface area contributed by atoms with E-state index in [1.54, 1.807) is 6.92 Å². The first-order valence-corrected chi connectivity index (χ1v) is 5.36. The van der Waals surface area contributed by atoms with E-state index in [2.05, 4.69) is 16.2 Å². The first-order chi connectivity index (χ1) is 8.01. The fourth-order valence-corrected chi connectivity index (χ4v) is 1.43. The Morgan fingerprint density at radius 3 is 2.76 bits per heavy atom. The van der Waals surface area contributed by atoms with Gasteiger partial charge >= 0.3 is 5.69 Å². The zero-order valence-corrected chi connectivity index (χ0v) is 9.91. The summed E-state index contributed by atoms with van der Waals surface area (Å²) in [4.78, 5) is 25.3.